The molecule has 2 atom stereocenters. The zero-order valence-corrected chi connectivity index (χ0v) is 15.5. The van der Waals surface area contributed by atoms with Crippen LogP contribution >= 0.6 is 0 Å². The van der Waals surface area contributed by atoms with Crippen LogP contribution in [0.3, 0.4) is 0 Å². The first kappa shape index (κ1) is 18.6. The van der Waals surface area contributed by atoms with Gasteiger partial charge in [0.2, 0.25) is 0 Å². The monoisotopic (exact) mass is 334 g/mol. The van der Waals surface area contributed by atoms with E-state index in [1.54, 1.807) is 7.11 Å². The molecular weight excluding hydrogens is 304 g/mol. The van der Waals surface area contributed by atoms with E-state index in [2.05, 4.69) is 26.1 Å². The summed E-state index contributed by atoms with van der Waals surface area (Å²) in [5.41, 5.74) is 0.753. The van der Waals surface area contributed by atoms with Crippen molar-refractivity contribution in [2.45, 2.75) is 52.7 Å². The van der Waals surface area contributed by atoms with Crippen LogP contribution in [-0.2, 0) is 4.74 Å². The van der Waals surface area contributed by atoms with E-state index in [4.69, 9.17) is 9.47 Å². The minimum atomic E-state index is -0.0463. The van der Waals surface area contributed by atoms with E-state index in [9.17, 15) is 4.79 Å². The number of hydrogen-bond acceptors (Lipinski definition) is 3. The molecule has 1 aromatic carbocycles. The van der Waals surface area contributed by atoms with E-state index in [0.717, 1.165) is 30.8 Å². The summed E-state index contributed by atoms with van der Waals surface area (Å²) in [6.07, 6.45) is 2.05. The highest BCUT2D eigenvalue weighted by molar-refractivity contribution is 5.89. The molecule has 1 aliphatic carbocycles. The van der Waals surface area contributed by atoms with Crippen molar-refractivity contribution in [1.82, 2.24) is 4.90 Å². The van der Waals surface area contributed by atoms with Crippen molar-refractivity contribution in [2.75, 3.05) is 25.6 Å². The molecule has 2 amide bonds. The van der Waals surface area contributed by atoms with E-state index in [1.807, 2.05) is 36.1 Å². The molecule has 0 heterocycles. The fourth-order valence-electron chi connectivity index (χ4n) is 3.39. The van der Waals surface area contributed by atoms with E-state index >= 15 is 0 Å². The molecule has 134 valence electrons. The Morgan fingerprint density at radius 2 is 1.96 bits per heavy atom. The van der Waals surface area contributed by atoms with Gasteiger partial charge in [-0.2, -0.15) is 0 Å². The third kappa shape index (κ3) is 3.83. The molecule has 0 radical (unpaired) electrons. The Balaban J connectivity index is 2.05. The topological polar surface area (TPSA) is 50.8 Å². The number of urea groups is 1. The summed E-state index contributed by atoms with van der Waals surface area (Å²) in [5.74, 6) is 0.776. The van der Waals surface area contributed by atoms with Gasteiger partial charge in [0.25, 0.3) is 0 Å². The zero-order valence-electron chi connectivity index (χ0n) is 15.5. The molecule has 0 spiro atoms. The van der Waals surface area contributed by atoms with Gasteiger partial charge in [0.05, 0.1) is 13.2 Å². The lowest BCUT2D eigenvalue weighted by atomic mass is 9.63. The Hall–Kier alpha value is -1.75. The van der Waals surface area contributed by atoms with E-state index < -0.39 is 0 Å². The Kier molecular flexibility index (Phi) is 6.10. The smallest absolute Gasteiger partial charge is 0.322 e. The maximum absolute atomic E-state index is 12.8. The van der Waals surface area contributed by atoms with Gasteiger partial charge >= 0.3 is 6.03 Å². The van der Waals surface area contributed by atoms with Crippen LogP contribution in [0.4, 0.5) is 10.5 Å². The second kappa shape index (κ2) is 7.88. The summed E-state index contributed by atoms with van der Waals surface area (Å²) < 4.78 is 11.0. The minimum Gasteiger partial charge on any atom is -0.497 e. The normalized spacial score (nSPS) is 21.7. The first-order chi connectivity index (χ1) is 11.4. The predicted octanol–water partition coefficient (Wildman–Crippen LogP) is 4.14. The highest BCUT2D eigenvalue weighted by Crippen LogP contribution is 2.46. The molecule has 0 unspecified atom stereocenters. The van der Waals surface area contributed by atoms with Crippen molar-refractivity contribution in [2.24, 2.45) is 5.41 Å². The number of carbonyl (C=O) groups excluding carboxylic acids is 1. The maximum atomic E-state index is 12.8. The molecule has 2 rings (SSSR count). The van der Waals surface area contributed by atoms with Crippen LogP contribution in [0.2, 0.25) is 0 Å². The minimum absolute atomic E-state index is 0.0254. The SMILES string of the molecule is CCCN(C(=O)Nc1ccc(OC)cc1)[C@H]1C[C@H](OCC)C1(C)C. The van der Waals surface area contributed by atoms with Gasteiger partial charge < -0.3 is 19.7 Å². The van der Waals surface area contributed by atoms with Gasteiger partial charge in [0.15, 0.2) is 0 Å². The van der Waals surface area contributed by atoms with Gasteiger partial charge in [-0.05, 0) is 44.0 Å². The van der Waals surface area contributed by atoms with Crippen molar-refractivity contribution >= 4 is 11.7 Å². The second-order valence-corrected chi connectivity index (χ2v) is 6.87. The van der Waals surface area contributed by atoms with E-state index in [0.29, 0.717) is 6.61 Å². The van der Waals surface area contributed by atoms with Gasteiger partial charge in [0.1, 0.15) is 5.75 Å². The summed E-state index contributed by atoms with van der Waals surface area (Å²) in [7, 11) is 1.63. The van der Waals surface area contributed by atoms with Crippen molar-refractivity contribution < 1.29 is 14.3 Å². The highest BCUT2D eigenvalue weighted by Gasteiger charge is 2.52. The molecule has 5 heteroatoms. The number of nitrogens with one attached hydrogen (secondary N) is 1. The third-order valence-electron chi connectivity index (χ3n) is 4.94. The van der Waals surface area contributed by atoms with Crippen molar-refractivity contribution in [3.63, 3.8) is 0 Å². The predicted molar refractivity (Wildman–Crippen MR) is 96.6 cm³/mol. The molecule has 1 fully saturated rings. The van der Waals surface area contributed by atoms with Crippen molar-refractivity contribution in [3.8, 4) is 5.75 Å². The maximum Gasteiger partial charge on any atom is 0.322 e. The summed E-state index contributed by atoms with van der Waals surface area (Å²) in [6.45, 7) is 9.94. The Morgan fingerprint density at radius 3 is 2.46 bits per heavy atom. The third-order valence-corrected chi connectivity index (χ3v) is 4.94. The fraction of sp³-hybridized carbons (Fsp3) is 0.632. The average molecular weight is 334 g/mol. The molecule has 1 saturated carbocycles. The Bertz CT molecular complexity index is 542. The number of anilines is 1. The molecule has 24 heavy (non-hydrogen) atoms. The van der Waals surface area contributed by atoms with Gasteiger partial charge in [-0.25, -0.2) is 4.79 Å². The number of carbonyl (C=O) groups is 1. The Morgan fingerprint density at radius 1 is 1.29 bits per heavy atom. The molecule has 5 nitrogen and oxygen atoms in total. The number of rotatable bonds is 7. The molecule has 1 N–H and O–H groups in total. The lowest BCUT2D eigenvalue weighted by Crippen LogP contribution is -2.64. The summed E-state index contributed by atoms with van der Waals surface area (Å²) >= 11 is 0. The van der Waals surface area contributed by atoms with Crippen LogP contribution in [0, 0.1) is 5.41 Å². The lowest BCUT2D eigenvalue weighted by molar-refractivity contribution is -0.138. The van der Waals surface area contributed by atoms with Crippen LogP contribution in [-0.4, -0.2) is 43.3 Å². The first-order valence-corrected chi connectivity index (χ1v) is 8.77. The first-order valence-electron chi connectivity index (χ1n) is 8.77. The molecular formula is C19H30N2O3. The average Bonchev–Trinajstić information content (AvgIpc) is 2.57. The van der Waals surface area contributed by atoms with Gasteiger partial charge in [-0.3, -0.25) is 0 Å². The number of benzene rings is 1. The largest absolute Gasteiger partial charge is 0.497 e. The van der Waals surface area contributed by atoms with Gasteiger partial charge in [-0.1, -0.05) is 20.8 Å². The quantitative estimate of drug-likeness (QED) is 0.815. The van der Waals surface area contributed by atoms with Crippen molar-refractivity contribution in [1.29, 1.82) is 0 Å². The molecule has 0 aromatic heterocycles. The number of methoxy groups -OCH3 is 1. The molecule has 0 bridgehead atoms. The van der Waals surface area contributed by atoms with Crippen LogP contribution in [0.5, 0.6) is 5.75 Å². The standard InChI is InChI=1S/C19H30N2O3/c1-6-12-21(16-13-17(24-7-2)19(16,3)4)18(22)20-14-8-10-15(23-5)11-9-14/h8-11,16-17H,6-7,12-13H2,1-5H3,(H,20,22)/t16-,17-/m0/s1. The highest BCUT2D eigenvalue weighted by atomic mass is 16.5. The number of ether oxygens (including phenoxy) is 2. The molecule has 0 saturated heterocycles. The summed E-state index contributed by atoms with van der Waals surface area (Å²) in [5, 5.41) is 3.00. The second-order valence-electron chi connectivity index (χ2n) is 6.87. The Labute approximate surface area is 145 Å². The molecule has 1 aromatic rings. The fourth-order valence-corrected chi connectivity index (χ4v) is 3.39. The zero-order chi connectivity index (χ0) is 17.7. The van der Waals surface area contributed by atoms with Crippen LogP contribution < -0.4 is 10.1 Å². The van der Waals surface area contributed by atoms with E-state index in [-0.39, 0.29) is 23.6 Å². The number of nitrogens with zero attached hydrogens (tertiary/aromatic N) is 1. The van der Waals surface area contributed by atoms with Crippen molar-refractivity contribution in [3.05, 3.63) is 24.3 Å². The van der Waals surface area contributed by atoms with Crippen LogP contribution in [0.1, 0.15) is 40.5 Å². The van der Waals surface area contributed by atoms with Crippen LogP contribution in [0.15, 0.2) is 24.3 Å². The molecule has 0 aliphatic heterocycles. The van der Waals surface area contributed by atoms with Gasteiger partial charge in [0, 0.05) is 30.3 Å². The van der Waals surface area contributed by atoms with Gasteiger partial charge in [-0.15, -0.1) is 0 Å². The summed E-state index contributed by atoms with van der Waals surface area (Å²) in [6, 6.07) is 7.56. The summed E-state index contributed by atoms with van der Waals surface area (Å²) in [4.78, 5) is 14.7. The number of hydrogen-bond donors (Lipinski definition) is 1. The van der Waals surface area contributed by atoms with E-state index in [1.165, 1.54) is 0 Å². The molecule has 1 aliphatic rings. The van der Waals surface area contributed by atoms with Crippen LogP contribution in [0.25, 0.3) is 0 Å². The number of amides is 2. The lowest BCUT2D eigenvalue weighted by Gasteiger charge is -2.55.